The van der Waals surface area contributed by atoms with Crippen LogP contribution >= 0.6 is 11.6 Å². The van der Waals surface area contributed by atoms with Crippen molar-refractivity contribution in [3.63, 3.8) is 0 Å². The van der Waals surface area contributed by atoms with Crippen LogP contribution in [0.3, 0.4) is 0 Å². The van der Waals surface area contributed by atoms with Crippen LogP contribution in [-0.4, -0.2) is 70.3 Å². The lowest BCUT2D eigenvalue weighted by molar-refractivity contribution is -0.154. The molecular formula is C22H22B4ClF2N3O4. The summed E-state index contributed by atoms with van der Waals surface area (Å²) in [5.41, 5.74) is -0.105. The van der Waals surface area contributed by atoms with E-state index < -0.39 is 40.5 Å². The predicted octanol–water partition coefficient (Wildman–Crippen LogP) is -1.11. The number of hydrogen-bond acceptors (Lipinski definition) is 4. The van der Waals surface area contributed by atoms with Gasteiger partial charge in [0, 0.05) is 35.1 Å². The molecule has 0 saturated carbocycles. The zero-order valence-electron chi connectivity index (χ0n) is 20.3. The first kappa shape index (κ1) is 26.0. The molecule has 4 amide bonds. The molecule has 1 saturated heterocycles. The number of piperidine rings is 1. The van der Waals surface area contributed by atoms with Gasteiger partial charge >= 0.3 is 5.92 Å². The molecule has 2 heterocycles. The van der Waals surface area contributed by atoms with Gasteiger partial charge in [0.2, 0.25) is 19.8 Å². The van der Waals surface area contributed by atoms with E-state index in [1.165, 1.54) is 25.0 Å². The molecule has 0 radical (unpaired) electrons. The number of fused-ring (bicyclic) bond motifs is 1. The van der Waals surface area contributed by atoms with Crippen LogP contribution in [0.4, 0.5) is 8.78 Å². The maximum Gasteiger partial charge on any atom is 0.348 e. The first-order valence-electron chi connectivity index (χ1n) is 11.5. The Labute approximate surface area is 215 Å². The topological polar surface area (TPSA) is 86.8 Å². The molecule has 14 heteroatoms. The fourth-order valence-electron chi connectivity index (χ4n) is 4.77. The van der Waals surface area contributed by atoms with Crippen molar-refractivity contribution >= 4 is 66.7 Å². The second-order valence-corrected chi connectivity index (χ2v) is 10.0. The minimum absolute atomic E-state index is 0.111. The zero-order valence-corrected chi connectivity index (χ0v) is 21.0. The molecular weight excluding hydrogens is 487 g/mol. The third-order valence-corrected chi connectivity index (χ3v) is 7.77. The highest BCUT2D eigenvalue weighted by Gasteiger charge is 2.52. The number of nitrogens with one attached hydrogen (secondary N) is 1. The largest absolute Gasteiger partial charge is 0.389 e. The van der Waals surface area contributed by atoms with Gasteiger partial charge in [0.15, 0.2) is 0 Å². The Hall–Kier alpha value is -3.07. The van der Waals surface area contributed by atoms with Crippen LogP contribution in [-0.2, 0) is 26.9 Å². The van der Waals surface area contributed by atoms with Crippen molar-refractivity contribution in [2.75, 3.05) is 0 Å². The molecule has 4 rings (SSSR count). The molecule has 2 aromatic rings. The lowest BCUT2D eigenvalue weighted by Crippen LogP contribution is -2.66. The summed E-state index contributed by atoms with van der Waals surface area (Å²) in [7, 11) is 6.31. The number of benzene rings is 2. The molecule has 36 heavy (non-hydrogen) atoms. The summed E-state index contributed by atoms with van der Waals surface area (Å²) in [6.07, 6.45) is 0.111. The van der Waals surface area contributed by atoms with Gasteiger partial charge in [-0.15, -0.1) is 0 Å². The van der Waals surface area contributed by atoms with E-state index in [0.29, 0.717) is 16.7 Å². The number of amides is 4. The van der Waals surface area contributed by atoms with E-state index in [0.717, 1.165) is 16.9 Å². The summed E-state index contributed by atoms with van der Waals surface area (Å²) >= 11 is 5.78. The fraction of sp³-hybridized carbons (Fsp3) is 0.273. The number of nitrogens with zero attached hydrogens (tertiary/aromatic N) is 2. The van der Waals surface area contributed by atoms with Gasteiger partial charge in [-0.3, -0.25) is 24.5 Å². The lowest BCUT2D eigenvalue weighted by atomic mass is 9.56. The van der Waals surface area contributed by atoms with Gasteiger partial charge in [0.25, 0.3) is 11.8 Å². The molecule has 0 aromatic heterocycles. The van der Waals surface area contributed by atoms with E-state index in [1.54, 1.807) is 41.7 Å². The molecule has 1 fully saturated rings. The molecule has 2 aliphatic heterocycles. The average molecular weight is 509 g/mol. The summed E-state index contributed by atoms with van der Waals surface area (Å²) in [4.78, 5) is 52.9. The Bertz CT molecular complexity index is 1280. The van der Waals surface area contributed by atoms with Crippen molar-refractivity contribution in [3.8, 4) is 0 Å². The first-order valence-corrected chi connectivity index (χ1v) is 11.9. The molecule has 7 nitrogen and oxygen atoms in total. The maximum atomic E-state index is 14.9. The smallest absolute Gasteiger partial charge is 0.348 e. The molecule has 2 unspecified atom stereocenters. The van der Waals surface area contributed by atoms with Crippen LogP contribution in [0.5, 0.6) is 0 Å². The quantitative estimate of drug-likeness (QED) is 0.410. The minimum Gasteiger partial charge on any atom is -0.389 e. The number of carbonyl (C=O) groups excluding carboxylic acids is 4. The van der Waals surface area contributed by atoms with Crippen molar-refractivity contribution in [3.05, 3.63) is 69.7 Å². The fourth-order valence-corrected chi connectivity index (χ4v) is 4.90. The normalized spacial score (nSPS) is 22.7. The highest BCUT2D eigenvalue weighted by molar-refractivity contribution is 6.38. The average Bonchev–Trinajstić information content (AvgIpc) is 3.17. The number of carbonyl (C=O) groups is 4. The van der Waals surface area contributed by atoms with Gasteiger partial charge in [0.05, 0.1) is 5.44 Å². The Kier molecular flexibility index (Phi) is 6.58. The monoisotopic (exact) mass is 509 g/mol. The third kappa shape index (κ3) is 4.13. The van der Waals surface area contributed by atoms with Gasteiger partial charge in [-0.05, 0) is 35.1 Å². The summed E-state index contributed by atoms with van der Waals surface area (Å²) in [5.74, 6) is -7.51. The summed E-state index contributed by atoms with van der Waals surface area (Å²) in [6.45, 7) is 0.121. The van der Waals surface area contributed by atoms with Gasteiger partial charge in [-0.2, -0.15) is 8.78 Å². The van der Waals surface area contributed by atoms with E-state index in [9.17, 15) is 28.0 Å². The summed E-state index contributed by atoms with van der Waals surface area (Å²) in [5, 5.41) is 2.60. The van der Waals surface area contributed by atoms with Crippen molar-refractivity contribution < 1.29 is 28.0 Å². The van der Waals surface area contributed by atoms with Gasteiger partial charge < -0.3 is 9.71 Å². The van der Waals surface area contributed by atoms with Gasteiger partial charge in [0.1, 0.15) is 23.5 Å². The number of halogens is 3. The standard InChI is InChI=1S/C22H22B4ClF2N3O4/c23-15-8-16(33)30-19(35)21(15,25)31-9-11-7-10(1-6-14(11)18(31)34)17(24)32(26)20(36)22(28,29)12-2-4-13(27)5-3-12/h1-7,15,17H,8-9,23-26H2,(H,30,33,35)/t15?,17?,21-/m1/s1. The van der Waals surface area contributed by atoms with Gasteiger partial charge in [-0.25, -0.2) is 0 Å². The van der Waals surface area contributed by atoms with Crippen molar-refractivity contribution in [2.24, 2.45) is 0 Å². The van der Waals surface area contributed by atoms with Crippen LogP contribution in [0.25, 0.3) is 0 Å². The molecule has 1 N–H and O–H groups in total. The maximum absolute atomic E-state index is 14.9. The van der Waals surface area contributed by atoms with Crippen LogP contribution in [0.2, 0.25) is 10.8 Å². The molecule has 2 aromatic carbocycles. The Morgan fingerprint density at radius 1 is 1.19 bits per heavy atom. The van der Waals surface area contributed by atoms with Crippen molar-refractivity contribution in [1.29, 1.82) is 0 Å². The third-order valence-electron chi connectivity index (χ3n) is 7.52. The second kappa shape index (κ2) is 9.10. The molecule has 0 aliphatic carbocycles. The molecule has 3 atom stereocenters. The molecule has 2 aliphatic rings. The minimum atomic E-state index is -3.76. The Morgan fingerprint density at radius 3 is 2.44 bits per heavy atom. The number of imide groups is 1. The van der Waals surface area contributed by atoms with E-state index in [-0.39, 0.29) is 29.8 Å². The number of alkyl halides is 2. The van der Waals surface area contributed by atoms with Crippen LogP contribution < -0.4 is 5.32 Å². The Balaban J connectivity index is 1.57. The predicted molar refractivity (Wildman–Crippen MR) is 140 cm³/mol. The molecule has 182 valence electrons. The summed E-state index contributed by atoms with van der Waals surface area (Å²) in [6, 6.07) is 9.73. The SMILES string of the molecule is BC(c1ccc2c(c1)CN([C@@]1(B)C(=O)NC(=O)CC1B)C2=O)N(B)C(=O)C(F)(F)c1ccc(Cl)cc1. The van der Waals surface area contributed by atoms with Crippen LogP contribution in [0.1, 0.15) is 39.4 Å². The van der Waals surface area contributed by atoms with Crippen molar-refractivity contribution in [1.82, 2.24) is 15.0 Å². The van der Waals surface area contributed by atoms with Crippen LogP contribution in [0.15, 0.2) is 42.5 Å². The Morgan fingerprint density at radius 2 is 1.83 bits per heavy atom. The molecule has 0 spiro atoms. The van der Waals surface area contributed by atoms with Gasteiger partial charge in [-0.1, -0.05) is 35.9 Å². The first-order chi connectivity index (χ1) is 16.8. The molecule has 0 bridgehead atoms. The second-order valence-electron chi connectivity index (χ2n) is 9.61. The van der Waals surface area contributed by atoms with Crippen LogP contribution in [0, 0.1) is 0 Å². The van der Waals surface area contributed by atoms with E-state index in [1.807, 2.05) is 0 Å². The zero-order chi connectivity index (χ0) is 26.6. The number of hydrogen-bond donors (Lipinski definition) is 1. The highest BCUT2D eigenvalue weighted by atomic mass is 35.5. The van der Waals surface area contributed by atoms with E-state index in [4.69, 9.17) is 11.6 Å². The highest BCUT2D eigenvalue weighted by Crippen LogP contribution is 2.38. The lowest BCUT2D eigenvalue weighted by Gasteiger charge is -2.44. The van der Waals surface area contributed by atoms with E-state index in [2.05, 4.69) is 5.32 Å². The van der Waals surface area contributed by atoms with E-state index >= 15 is 0 Å². The summed E-state index contributed by atoms with van der Waals surface area (Å²) < 4.78 is 29.9. The van der Waals surface area contributed by atoms with Crippen molar-refractivity contribution in [2.45, 2.75) is 36.1 Å². The number of rotatable bonds is 5.